The van der Waals surface area contributed by atoms with Crippen LogP contribution in [0.5, 0.6) is 0 Å². The molecule has 7 heteroatoms. The number of rotatable bonds is 3. The van der Waals surface area contributed by atoms with Gasteiger partial charge in [-0.05, 0) is 43.0 Å². The molecule has 4 rings (SSSR count). The van der Waals surface area contributed by atoms with Crippen molar-refractivity contribution < 1.29 is 19.0 Å². The van der Waals surface area contributed by atoms with Crippen molar-refractivity contribution >= 4 is 29.1 Å². The lowest BCUT2D eigenvalue weighted by Gasteiger charge is -2.41. The van der Waals surface area contributed by atoms with Crippen LogP contribution in [0.2, 0.25) is 5.02 Å². The first-order valence-electron chi connectivity index (χ1n) is 10.5. The zero-order chi connectivity index (χ0) is 23.2. The first-order chi connectivity index (χ1) is 15.1. The number of nitrogens with one attached hydrogen (secondary N) is 3. The Morgan fingerprint density at radius 3 is 2.62 bits per heavy atom. The van der Waals surface area contributed by atoms with E-state index in [4.69, 9.17) is 11.6 Å². The van der Waals surface area contributed by atoms with Crippen LogP contribution < -0.4 is 15.6 Å². The zero-order valence-corrected chi connectivity index (χ0v) is 19.2. The summed E-state index contributed by atoms with van der Waals surface area (Å²) >= 11 is 6.44. The molecule has 0 bridgehead atoms. The molecule has 5 nitrogen and oxygen atoms in total. The summed E-state index contributed by atoms with van der Waals surface area (Å²) in [5, 5.41) is 6.29. The second-order valence-corrected chi connectivity index (χ2v) is 9.63. The molecule has 166 valence electrons. The third kappa shape index (κ3) is 4.07. The first kappa shape index (κ1) is 22.2. The van der Waals surface area contributed by atoms with Crippen LogP contribution in [0, 0.1) is 24.1 Å². The lowest BCUT2D eigenvalue weighted by Crippen LogP contribution is -2.44. The third-order valence-corrected chi connectivity index (χ3v) is 6.34. The molecule has 1 amide bonds. The maximum Gasteiger partial charge on any atom is 0.337 e. The second-order valence-electron chi connectivity index (χ2n) is 9.22. The predicted octanol–water partition coefficient (Wildman–Crippen LogP) is 4.70. The fraction of sp³-hybridized carbons (Fsp3) is 0.320. The number of amides is 1. The molecule has 2 aliphatic rings. The Balaban J connectivity index is 1.87. The number of pyridine rings is 1. The van der Waals surface area contributed by atoms with Gasteiger partial charge in [0.2, 0.25) is 0 Å². The van der Waals surface area contributed by atoms with E-state index in [-0.39, 0.29) is 21.8 Å². The van der Waals surface area contributed by atoms with E-state index in [1.165, 1.54) is 12.1 Å². The number of hydrogen-bond acceptors (Lipinski definition) is 3. The minimum Gasteiger partial charge on any atom is -0.362 e. The highest BCUT2D eigenvalue weighted by Gasteiger charge is 2.48. The number of aromatic amines is 1. The number of Topliss-reactive ketones (excluding diaryl/α,β-unsaturated/α-hetero) is 1. The van der Waals surface area contributed by atoms with Gasteiger partial charge >= 0.3 is 5.91 Å². The number of anilines is 1. The molecule has 3 N–H and O–H groups in total. The van der Waals surface area contributed by atoms with Gasteiger partial charge in [0.25, 0.3) is 5.82 Å². The summed E-state index contributed by atoms with van der Waals surface area (Å²) in [6, 6.07) is 8.03. The second kappa shape index (κ2) is 8.17. The van der Waals surface area contributed by atoms with Gasteiger partial charge < -0.3 is 5.32 Å². The van der Waals surface area contributed by atoms with Crippen molar-refractivity contribution in [3.63, 3.8) is 0 Å². The largest absolute Gasteiger partial charge is 0.362 e. The third-order valence-electron chi connectivity index (χ3n) is 6.01. The number of ketones is 1. The van der Waals surface area contributed by atoms with Gasteiger partial charge in [-0.1, -0.05) is 37.6 Å². The SMILES string of the molecule is CC1=C(C(=O)Nc2ccc(C)c[nH+]2)C(c2c(F)cccc2Cl)C2C(=O)CC(C)(C)C=C2N1. The number of halogens is 2. The van der Waals surface area contributed by atoms with E-state index >= 15 is 4.39 Å². The molecule has 2 aromatic rings. The van der Waals surface area contributed by atoms with E-state index < -0.39 is 23.6 Å². The standard InChI is InChI=1S/C25H25ClFN3O2/c1-13-8-9-19(28-12-13)30-24(32)20-14(2)29-17-10-25(3,4)11-18(31)22(17)23(20)21-15(26)6-5-7-16(21)27/h5-10,12,22-23,29H,11H2,1-4H3,(H,28,30,32)/p+1. The minimum atomic E-state index is -0.842. The predicted molar refractivity (Wildman–Crippen MR) is 121 cm³/mol. The van der Waals surface area contributed by atoms with Crippen LogP contribution >= 0.6 is 11.6 Å². The molecule has 0 saturated carbocycles. The van der Waals surface area contributed by atoms with Crippen molar-refractivity contribution in [3.8, 4) is 0 Å². The molecular weight excluding hydrogens is 429 g/mol. The highest BCUT2D eigenvalue weighted by molar-refractivity contribution is 6.31. The zero-order valence-electron chi connectivity index (χ0n) is 18.5. The van der Waals surface area contributed by atoms with E-state index in [0.29, 0.717) is 29.2 Å². The van der Waals surface area contributed by atoms with E-state index in [0.717, 1.165) is 5.56 Å². The Kier molecular flexibility index (Phi) is 5.67. The molecule has 0 radical (unpaired) electrons. The molecule has 32 heavy (non-hydrogen) atoms. The molecule has 1 aromatic carbocycles. The van der Waals surface area contributed by atoms with Gasteiger partial charge in [0.1, 0.15) is 11.6 Å². The topological polar surface area (TPSA) is 72.3 Å². The summed E-state index contributed by atoms with van der Waals surface area (Å²) in [5.41, 5.74) is 2.38. The Morgan fingerprint density at radius 1 is 1.22 bits per heavy atom. The fourth-order valence-electron chi connectivity index (χ4n) is 4.66. The number of carbonyl (C=O) groups is 2. The van der Waals surface area contributed by atoms with E-state index in [2.05, 4.69) is 15.6 Å². The monoisotopic (exact) mass is 454 g/mol. The van der Waals surface area contributed by atoms with Crippen molar-refractivity contribution in [3.05, 3.63) is 81.5 Å². The van der Waals surface area contributed by atoms with Crippen LogP contribution in [0.15, 0.2) is 59.6 Å². The van der Waals surface area contributed by atoms with Crippen LogP contribution in [0.1, 0.15) is 44.2 Å². The van der Waals surface area contributed by atoms with Crippen molar-refractivity contribution in [2.45, 2.75) is 40.0 Å². The summed E-state index contributed by atoms with van der Waals surface area (Å²) < 4.78 is 15.1. The summed E-state index contributed by atoms with van der Waals surface area (Å²) in [5.74, 6) is -2.08. The lowest BCUT2D eigenvalue weighted by molar-refractivity contribution is -0.361. The molecule has 0 fully saturated rings. The van der Waals surface area contributed by atoms with Crippen molar-refractivity contribution in [2.75, 3.05) is 5.32 Å². The average molecular weight is 455 g/mol. The lowest BCUT2D eigenvalue weighted by atomic mass is 9.66. The summed E-state index contributed by atoms with van der Waals surface area (Å²) in [6.45, 7) is 7.66. The van der Waals surface area contributed by atoms with Gasteiger partial charge in [0, 0.05) is 40.4 Å². The van der Waals surface area contributed by atoms with Crippen molar-refractivity contribution in [1.82, 2.24) is 5.32 Å². The van der Waals surface area contributed by atoms with Crippen molar-refractivity contribution in [1.29, 1.82) is 0 Å². The molecule has 1 aliphatic heterocycles. The minimum absolute atomic E-state index is 0.0518. The number of benzene rings is 1. The van der Waals surface area contributed by atoms with Crippen LogP contribution in [0.25, 0.3) is 0 Å². The highest BCUT2D eigenvalue weighted by atomic mass is 35.5. The van der Waals surface area contributed by atoms with Crippen LogP contribution in [0.3, 0.4) is 0 Å². The molecule has 0 spiro atoms. The molecule has 2 atom stereocenters. The Hall–Kier alpha value is -2.99. The normalized spacial score (nSPS) is 22.1. The summed E-state index contributed by atoms with van der Waals surface area (Å²) in [6.07, 6.45) is 4.08. The van der Waals surface area contributed by atoms with Crippen LogP contribution in [-0.4, -0.2) is 11.7 Å². The van der Waals surface area contributed by atoms with Gasteiger partial charge in [0.05, 0.1) is 17.7 Å². The van der Waals surface area contributed by atoms with Gasteiger partial charge in [-0.2, -0.15) is 0 Å². The molecule has 2 unspecified atom stereocenters. The highest BCUT2D eigenvalue weighted by Crippen LogP contribution is 2.48. The summed E-state index contributed by atoms with van der Waals surface area (Å²) in [7, 11) is 0. The average Bonchev–Trinajstić information content (AvgIpc) is 2.68. The number of fused-ring (bicyclic) bond motifs is 1. The van der Waals surface area contributed by atoms with Gasteiger partial charge in [0.15, 0.2) is 0 Å². The molecule has 1 aliphatic carbocycles. The number of hydrogen-bond donors (Lipinski definition) is 2. The smallest absolute Gasteiger partial charge is 0.337 e. The van der Waals surface area contributed by atoms with E-state index in [1.54, 1.807) is 25.3 Å². The van der Waals surface area contributed by atoms with Crippen LogP contribution in [-0.2, 0) is 9.59 Å². The van der Waals surface area contributed by atoms with Gasteiger partial charge in [-0.25, -0.2) is 19.5 Å². The number of aromatic nitrogens is 1. The number of H-pyrrole nitrogens is 1. The molecule has 1 aromatic heterocycles. The quantitative estimate of drug-likeness (QED) is 0.706. The van der Waals surface area contributed by atoms with Crippen molar-refractivity contribution in [2.24, 2.45) is 11.3 Å². The molecule has 2 heterocycles. The Bertz CT molecular complexity index is 1150. The Morgan fingerprint density at radius 2 is 1.97 bits per heavy atom. The van der Waals surface area contributed by atoms with E-state index in [9.17, 15) is 9.59 Å². The number of allylic oxidation sites excluding steroid dienone is 3. The fourth-order valence-corrected chi connectivity index (χ4v) is 4.94. The Labute approximate surface area is 191 Å². The number of carbonyl (C=O) groups excluding carboxylic acids is 2. The van der Waals surface area contributed by atoms with Gasteiger partial charge in [-0.15, -0.1) is 0 Å². The maximum atomic E-state index is 15.1. The maximum absolute atomic E-state index is 15.1. The van der Waals surface area contributed by atoms with Gasteiger partial charge in [-0.3, -0.25) is 4.79 Å². The number of aryl methyl sites for hydroxylation is 1. The molecule has 0 saturated heterocycles. The summed E-state index contributed by atoms with van der Waals surface area (Å²) in [4.78, 5) is 29.8. The first-order valence-corrected chi connectivity index (χ1v) is 10.9. The van der Waals surface area contributed by atoms with E-state index in [1.807, 2.05) is 32.9 Å². The molecular formula is C25H26ClFN3O2+. The van der Waals surface area contributed by atoms with Crippen LogP contribution in [0.4, 0.5) is 10.2 Å².